The molecule has 0 saturated heterocycles. The molecule has 0 aliphatic carbocycles. The number of hydrazone groups is 1. The van der Waals surface area contributed by atoms with E-state index in [0.717, 1.165) is 11.1 Å². The fraction of sp³-hybridized carbons (Fsp3) is 0.263. The molecule has 1 aliphatic rings. The highest BCUT2D eigenvalue weighted by Gasteiger charge is 2.25. The molecular weight excluding hydrogens is 316 g/mol. The second-order valence-electron chi connectivity index (χ2n) is 5.96. The molecule has 0 unspecified atom stereocenters. The number of amides is 2. The standard InChI is InChI=1S/C19H20N4O2/c1-14(16-9-11-20-12-10-16)21-19(25)17-7-8-18(24)23(22-17)13-15-5-3-2-4-6-15/h2-6,9-12,14H,7-8,13H2,1H3,(H,21,25)/t14-/m1/s1. The van der Waals surface area contributed by atoms with Gasteiger partial charge in [0.05, 0.1) is 12.6 Å². The zero-order valence-corrected chi connectivity index (χ0v) is 14.1. The molecule has 1 aromatic carbocycles. The maximum absolute atomic E-state index is 12.5. The number of nitrogens with zero attached hydrogens (tertiary/aromatic N) is 3. The lowest BCUT2D eigenvalue weighted by Gasteiger charge is -2.24. The first-order valence-electron chi connectivity index (χ1n) is 8.26. The fourth-order valence-electron chi connectivity index (χ4n) is 2.66. The van der Waals surface area contributed by atoms with E-state index in [9.17, 15) is 9.59 Å². The van der Waals surface area contributed by atoms with Crippen LogP contribution < -0.4 is 5.32 Å². The van der Waals surface area contributed by atoms with Gasteiger partial charge in [-0.05, 0) is 30.2 Å². The van der Waals surface area contributed by atoms with Gasteiger partial charge in [0.15, 0.2) is 0 Å². The van der Waals surface area contributed by atoms with E-state index in [2.05, 4.69) is 15.4 Å². The predicted octanol–water partition coefficient (Wildman–Crippen LogP) is 2.44. The van der Waals surface area contributed by atoms with Crippen LogP contribution in [-0.4, -0.2) is 27.5 Å². The SMILES string of the molecule is C[C@@H](NC(=O)C1=NN(Cc2ccccc2)C(=O)CC1)c1ccncc1. The first-order valence-corrected chi connectivity index (χ1v) is 8.26. The Hall–Kier alpha value is -3.02. The van der Waals surface area contributed by atoms with Crippen molar-refractivity contribution in [3.63, 3.8) is 0 Å². The van der Waals surface area contributed by atoms with Crippen molar-refractivity contribution in [3.05, 3.63) is 66.0 Å². The van der Waals surface area contributed by atoms with Gasteiger partial charge in [0.2, 0.25) is 5.91 Å². The van der Waals surface area contributed by atoms with E-state index in [-0.39, 0.29) is 17.9 Å². The van der Waals surface area contributed by atoms with Crippen molar-refractivity contribution < 1.29 is 9.59 Å². The van der Waals surface area contributed by atoms with Crippen LogP contribution >= 0.6 is 0 Å². The van der Waals surface area contributed by atoms with E-state index in [1.165, 1.54) is 5.01 Å². The Labute approximate surface area is 146 Å². The molecule has 0 bridgehead atoms. The van der Waals surface area contributed by atoms with Crippen LogP contribution in [0.2, 0.25) is 0 Å². The van der Waals surface area contributed by atoms with Gasteiger partial charge in [0.25, 0.3) is 5.91 Å². The fourth-order valence-corrected chi connectivity index (χ4v) is 2.66. The highest BCUT2D eigenvalue weighted by atomic mass is 16.2. The smallest absolute Gasteiger partial charge is 0.267 e. The Balaban J connectivity index is 1.69. The quantitative estimate of drug-likeness (QED) is 0.911. The van der Waals surface area contributed by atoms with Gasteiger partial charge < -0.3 is 5.32 Å². The molecule has 1 atom stereocenters. The van der Waals surface area contributed by atoms with Crippen molar-refractivity contribution >= 4 is 17.5 Å². The van der Waals surface area contributed by atoms with Gasteiger partial charge in [-0.3, -0.25) is 14.6 Å². The van der Waals surface area contributed by atoms with E-state index < -0.39 is 0 Å². The van der Waals surface area contributed by atoms with E-state index >= 15 is 0 Å². The minimum Gasteiger partial charge on any atom is -0.344 e. The number of hydrogen-bond acceptors (Lipinski definition) is 4. The number of carbonyl (C=O) groups is 2. The Kier molecular flexibility index (Phi) is 5.18. The first-order chi connectivity index (χ1) is 12.1. The van der Waals surface area contributed by atoms with Gasteiger partial charge in [0, 0.05) is 25.2 Å². The highest BCUT2D eigenvalue weighted by molar-refractivity contribution is 6.39. The molecule has 25 heavy (non-hydrogen) atoms. The normalized spacial score (nSPS) is 15.5. The molecule has 6 heteroatoms. The molecule has 2 amide bonds. The number of pyridine rings is 1. The van der Waals surface area contributed by atoms with Gasteiger partial charge in [-0.15, -0.1) is 0 Å². The van der Waals surface area contributed by atoms with Gasteiger partial charge in [-0.25, -0.2) is 5.01 Å². The Bertz CT molecular complexity index is 775. The van der Waals surface area contributed by atoms with Crippen molar-refractivity contribution in [1.82, 2.24) is 15.3 Å². The molecule has 3 rings (SSSR count). The van der Waals surface area contributed by atoms with Crippen molar-refractivity contribution in [1.29, 1.82) is 0 Å². The first kappa shape index (κ1) is 16.8. The number of rotatable bonds is 5. The van der Waals surface area contributed by atoms with Crippen LogP contribution in [0.1, 0.15) is 36.9 Å². The summed E-state index contributed by atoms with van der Waals surface area (Å²) in [5.74, 6) is -0.308. The van der Waals surface area contributed by atoms with Gasteiger partial charge >= 0.3 is 0 Å². The molecule has 6 nitrogen and oxygen atoms in total. The summed E-state index contributed by atoms with van der Waals surface area (Å²) in [6, 6.07) is 13.2. The van der Waals surface area contributed by atoms with Crippen LogP contribution in [0.15, 0.2) is 60.0 Å². The molecule has 0 saturated carbocycles. The topological polar surface area (TPSA) is 74.7 Å². The minimum atomic E-state index is -0.241. The highest BCUT2D eigenvalue weighted by Crippen LogP contribution is 2.15. The molecule has 2 heterocycles. The summed E-state index contributed by atoms with van der Waals surface area (Å²) in [5.41, 5.74) is 2.33. The van der Waals surface area contributed by atoms with Crippen molar-refractivity contribution in [3.8, 4) is 0 Å². The summed E-state index contributed by atoms with van der Waals surface area (Å²) in [6.07, 6.45) is 4.04. The number of nitrogens with one attached hydrogen (secondary N) is 1. The van der Waals surface area contributed by atoms with Crippen LogP contribution in [-0.2, 0) is 16.1 Å². The third-order valence-corrected chi connectivity index (χ3v) is 4.10. The molecule has 128 valence electrons. The van der Waals surface area contributed by atoms with Gasteiger partial charge in [0.1, 0.15) is 5.71 Å². The lowest BCUT2D eigenvalue weighted by Crippen LogP contribution is -2.39. The molecule has 0 spiro atoms. The number of aromatic nitrogens is 1. The third-order valence-electron chi connectivity index (χ3n) is 4.10. The van der Waals surface area contributed by atoms with Crippen LogP contribution in [0.3, 0.4) is 0 Å². The van der Waals surface area contributed by atoms with E-state index in [0.29, 0.717) is 25.1 Å². The van der Waals surface area contributed by atoms with E-state index in [4.69, 9.17) is 0 Å². The average molecular weight is 336 g/mol. The van der Waals surface area contributed by atoms with Crippen molar-refractivity contribution in [2.75, 3.05) is 0 Å². The van der Waals surface area contributed by atoms with Crippen molar-refractivity contribution in [2.24, 2.45) is 5.10 Å². The number of hydrogen-bond donors (Lipinski definition) is 1. The molecule has 1 aliphatic heterocycles. The number of benzene rings is 1. The second-order valence-corrected chi connectivity index (χ2v) is 5.96. The molecule has 1 aromatic heterocycles. The zero-order valence-electron chi connectivity index (χ0n) is 14.1. The molecule has 1 N–H and O–H groups in total. The summed E-state index contributed by atoms with van der Waals surface area (Å²) in [4.78, 5) is 28.6. The molecule has 2 aromatic rings. The lowest BCUT2D eigenvalue weighted by molar-refractivity contribution is -0.132. The van der Waals surface area contributed by atoms with Crippen LogP contribution in [0.25, 0.3) is 0 Å². The summed E-state index contributed by atoms with van der Waals surface area (Å²) >= 11 is 0. The van der Waals surface area contributed by atoms with Crippen LogP contribution in [0.4, 0.5) is 0 Å². The predicted molar refractivity (Wildman–Crippen MR) is 94.5 cm³/mol. The average Bonchev–Trinajstić information content (AvgIpc) is 2.65. The van der Waals surface area contributed by atoms with Gasteiger partial charge in [-0.2, -0.15) is 5.10 Å². The van der Waals surface area contributed by atoms with Crippen molar-refractivity contribution in [2.45, 2.75) is 32.4 Å². The summed E-state index contributed by atoms with van der Waals surface area (Å²) in [6.45, 7) is 2.28. The molecular formula is C19H20N4O2. The Morgan fingerprint density at radius 3 is 2.60 bits per heavy atom. The Morgan fingerprint density at radius 2 is 1.88 bits per heavy atom. The second kappa shape index (κ2) is 7.70. The lowest BCUT2D eigenvalue weighted by atomic mass is 10.1. The zero-order chi connectivity index (χ0) is 17.6. The number of carbonyl (C=O) groups excluding carboxylic acids is 2. The summed E-state index contributed by atoms with van der Waals surface area (Å²) in [7, 11) is 0. The maximum atomic E-state index is 12.5. The van der Waals surface area contributed by atoms with E-state index in [1.807, 2.05) is 49.4 Å². The maximum Gasteiger partial charge on any atom is 0.267 e. The third kappa shape index (κ3) is 4.29. The molecule has 0 radical (unpaired) electrons. The Morgan fingerprint density at radius 1 is 1.16 bits per heavy atom. The summed E-state index contributed by atoms with van der Waals surface area (Å²) in [5, 5.41) is 8.59. The monoisotopic (exact) mass is 336 g/mol. The minimum absolute atomic E-state index is 0.0671. The van der Waals surface area contributed by atoms with Crippen LogP contribution in [0.5, 0.6) is 0 Å². The molecule has 0 fully saturated rings. The van der Waals surface area contributed by atoms with Gasteiger partial charge in [-0.1, -0.05) is 30.3 Å². The summed E-state index contributed by atoms with van der Waals surface area (Å²) < 4.78 is 0. The largest absolute Gasteiger partial charge is 0.344 e. The van der Waals surface area contributed by atoms with Crippen LogP contribution in [0, 0.1) is 0 Å². The van der Waals surface area contributed by atoms with E-state index in [1.54, 1.807) is 12.4 Å².